The van der Waals surface area contributed by atoms with Crippen molar-refractivity contribution < 1.29 is 31.6 Å². The lowest BCUT2D eigenvalue weighted by molar-refractivity contribution is 0.0229. The number of carbonyl (C=O) groups excluding carboxylic acids is 1. The fourth-order valence-corrected chi connectivity index (χ4v) is 8.75. The number of anilines is 1. The number of benzene rings is 2. The van der Waals surface area contributed by atoms with Crippen molar-refractivity contribution in [3.8, 4) is 11.3 Å². The van der Waals surface area contributed by atoms with Crippen molar-refractivity contribution in [2.45, 2.75) is 62.2 Å². The molecule has 9 nitrogen and oxygen atoms in total. The van der Waals surface area contributed by atoms with Gasteiger partial charge in [0, 0.05) is 42.0 Å². The maximum absolute atomic E-state index is 14.4. The smallest absolute Gasteiger partial charge is 0.273 e. The highest BCUT2D eigenvalue weighted by Crippen LogP contribution is 2.43. The number of amides is 1. The number of aliphatic hydroxyl groups is 1. The minimum absolute atomic E-state index is 0.0189. The van der Waals surface area contributed by atoms with Crippen molar-refractivity contribution >= 4 is 39.3 Å². The third kappa shape index (κ3) is 5.25. The maximum Gasteiger partial charge on any atom is 0.273 e. The van der Waals surface area contributed by atoms with E-state index in [2.05, 4.69) is 10.5 Å². The summed E-state index contributed by atoms with van der Waals surface area (Å²) in [4.78, 5) is 13.1. The van der Waals surface area contributed by atoms with Gasteiger partial charge in [-0.05, 0) is 51.3 Å². The molecule has 1 fully saturated rings. The van der Waals surface area contributed by atoms with Crippen molar-refractivity contribution in [1.82, 2.24) is 14.0 Å². The number of nitrogens with one attached hydrogen (secondary N) is 1. The van der Waals surface area contributed by atoms with E-state index in [1.807, 2.05) is 30.3 Å². The summed E-state index contributed by atoms with van der Waals surface area (Å²) in [5.74, 6) is -2.52. The number of fused-ring (bicyclic) bond motifs is 1. The molecule has 2 N–H and O–H groups in total. The van der Waals surface area contributed by atoms with Crippen LogP contribution >= 0.6 is 11.6 Å². The largest absolute Gasteiger partial charge is 0.384 e. The normalized spacial score (nSPS) is 19.7. The molecule has 4 aromatic rings. The Hall–Kier alpha value is -3.84. The van der Waals surface area contributed by atoms with E-state index in [1.165, 1.54) is 14.9 Å². The molecule has 0 aliphatic carbocycles. The Balaban J connectivity index is 1.31. The van der Waals surface area contributed by atoms with Gasteiger partial charge in [0.2, 0.25) is 10.0 Å². The molecule has 2 aliphatic rings. The number of sulfonamides is 1. The Morgan fingerprint density at radius 2 is 1.91 bits per heavy atom. The van der Waals surface area contributed by atoms with Crippen molar-refractivity contribution in [1.29, 1.82) is 0 Å². The van der Waals surface area contributed by atoms with Gasteiger partial charge < -0.3 is 19.5 Å². The van der Waals surface area contributed by atoms with Crippen molar-refractivity contribution in [3.63, 3.8) is 0 Å². The van der Waals surface area contributed by atoms with Gasteiger partial charge in [0.05, 0.1) is 10.7 Å². The summed E-state index contributed by atoms with van der Waals surface area (Å²) >= 11 is 6.69. The highest BCUT2D eigenvalue weighted by Gasteiger charge is 2.47. The average molecular weight is 643 g/mol. The van der Waals surface area contributed by atoms with E-state index in [0.717, 1.165) is 17.7 Å². The number of carbonyl (C=O) groups is 1. The topological polar surface area (TPSA) is 118 Å². The molecule has 2 aromatic carbocycles. The third-order valence-electron chi connectivity index (χ3n) is 8.16. The summed E-state index contributed by atoms with van der Waals surface area (Å²) in [5.41, 5.74) is -0.373. The molecule has 1 saturated heterocycles. The summed E-state index contributed by atoms with van der Waals surface area (Å²) < 4.78 is 64.2. The van der Waals surface area contributed by atoms with Crippen LogP contribution in [0.4, 0.5) is 14.5 Å². The fourth-order valence-electron chi connectivity index (χ4n) is 6.05. The number of allylic oxidation sites excluding steroid dienone is 1. The van der Waals surface area contributed by atoms with Crippen LogP contribution in [-0.4, -0.2) is 45.5 Å². The third-order valence-corrected chi connectivity index (χ3v) is 10.8. The van der Waals surface area contributed by atoms with Gasteiger partial charge in [0.25, 0.3) is 5.91 Å². The SMILES string of the molecule is CC1CCC(CC(C)(O)c2cc(-c3ccccc3)on2)N1S(=O)(=O)c1c(Cl)c(C(=O)Nc2ccc(F)c(F)c2)n2c1C=CC2. The van der Waals surface area contributed by atoms with Crippen LogP contribution in [0.2, 0.25) is 5.02 Å². The van der Waals surface area contributed by atoms with Crippen LogP contribution in [0.15, 0.2) is 70.1 Å². The number of rotatable bonds is 8. The van der Waals surface area contributed by atoms with E-state index in [4.69, 9.17) is 16.1 Å². The summed E-state index contributed by atoms with van der Waals surface area (Å²) in [6, 6.07) is 12.8. The second kappa shape index (κ2) is 11.3. The molecule has 0 saturated carbocycles. The Labute approximate surface area is 257 Å². The summed E-state index contributed by atoms with van der Waals surface area (Å²) in [5, 5.41) is 17.8. The molecule has 230 valence electrons. The van der Waals surface area contributed by atoms with Crippen LogP contribution in [0.5, 0.6) is 0 Å². The Morgan fingerprint density at radius 3 is 2.64 bits per heavy atom. The van der Waals surface area contributed by atoms with Crippen LogP contribution in [-0.2, 0) is 22.2 Å². The molecular weight excluding hydrogens is 614 g/mol. The molecular formula is C31H29ClF2N4O5S. The first-order chi connectivity index (χ1) is 20.9. The molecule has 0 radical (unpaired) electrons. The second-order valence-corrected chi connectivity index (χ2v) is 13.5. The highest BCUT2D eigenvalue weighted by molar-refractivity contribution is 7.89. The Bertz CT molecular complexity index is 1890. The fraction of sp³-hybridized carbons (Fsp3) is 0.290. The van der Waals surface area contributed by atoms with Gasteiger partial charge in [-0.2, -0.15) is 4.31 Å². The number of hydrogen-bond acceptors (Lipinski definition) is 6. The molecule has 44 heavy (non-hydrogen) atoms. The quantitative estimate of drug-likeness (QED) is 0.237. The zero-order chi connectivity index (χ0) is 31.4. The minimum atomic E-state index is -4.30. The monoisotopic (exact) mass is 642 g/mol. The van der Waals surface area contributed by atoms with Gasteiger partial charge in [0.15, 0.2) is 17.4 Å². The van der Waals surface area contributed by atoms with Gasteiger partial charge in [0.1, 0.15) is 21.9 Å². The summed E-state index contributed by atoms with van der Waals surface area (Å²) in [6.45, 7) is 3.54. The molecule has 3 atom stereocenters. The van der Waals surface area contributed by atoms with Gasteiger partial charge in [-0.25, -0.2) is 17.2 Å². The predicted molar refractivity (Wildman–Crippen MR) is 160 cm³/mol. The molecule has 2 aliphatic heterocycles. The first kappa shape index (κ1) is 30.2. The zero-order valence-electron chi connectivity index (χ0n) is 23.8. The lowest BCUT2D eigenvalue weighted by Gasteiger charge is -2.32. The molecule has 13 heteroatoms. The lowest BCUT2D eigenvalue weighted by atomic mass is 9.92. The summed E-state index contributed by atoms with van der Waals surface area (Å²) in [7, 11) is -4.30. The van der Waals surface area contributed by atoms with Gasteiger partial charge in [-0.3, -0.25) is 4.79 Å². The molecule has 2 aromatic heterocycles. The van der Waals surface area contributed by atoms with Crippen LogP contribution in [0.1, 0.15) is 55.0 Å². The second-order valence-electron chi connectivity index (χ2n) is 11.3. The van der Waals surface area contributed by atoms with Crippen LogP contribution < -0.4 is 5.32 Å². The van der Waals surface area contributed by atoms with Gasteiger partial charge in [-0.1, -0.05) is 53.2 Å². The Kier molecular flexibility index (Phi) is 7.73. The van der Waals surface area contributed by atoms with Crippen molar-refractivity contribution in [2.24, 2.45) is 0 Å². The molecule has 0 bridgehead atoms. The number of nitrogens with zero attached hydrogens (tertiary/aromatic N) is 3. The molecule has 1 amide bonds. The van der Waals surface area contributed by atoms with Gasteiger partial charge >= 0.3 is 0 Å². The molecule has 4 heterocycles. The van der Waals surface area contributed by atoms with Crippen LogP contribution in [0.25, 0.3) is 17.4 Å². The van der Waals surface area contributed by atoms with Crippen LogP contribution in [0.3, 0.4) is 0 Å². The lowest BCUT2D eigenvalue weighted by Crippen LogP contribution is -2.43. The van der Waals surface area contributed by atoms with E-state index >= 15 is 0 Å². The standard InChI is InChI=1S/C31H29ClF2N4O5S/c1-18-10-12-21(17-31(2,40)26-16-25(43-36-26)19-7-4-3-5-8-19)38(18)44(41,42)29-24-9-6-14-37(24)28(27(29)32)30(39)35-20-11-13-22(33)23(34)15-20/h3-9,11,13,15-16,18,21,40H,10,12,14,17H2,1-2H3,(H,35,39). The molecule has 3 unspecified atom stereocenters. The first-order valence-electron chi connectivity index (χ1n) is 14.0. The number of halogens is 3. The van der Waals surface area contributed by atoms with E-state index in [1.54, 1.807) is 32.1 Å². The van der Waals surface area contributed by atoms with E-state index in [0.29, 0.717) is 18.6 Å². The Morgan fingerprint density at radius 1 is 1.16 bits per heavy atom. The average Bonchev–Trinajstić information content (AvgIpc) is 3.76. The van der Waals surface area contributed by atoms with Crippen molar-refractivity contribution in [3.05, 3.63) is 94.4 Å². The minimum Gasteiger partial charge on any atom is -0.384 e. The van der Waals surface area contributed by atoms with Crippen LogP contribution in [0, 0.1) is 11.6 Å². The van der Waals surface area contributed by atoms with Crippen molar-refractivity contribution in [2.75, 3.05) is 5.32 Å². The molecule has 0 spiro atoms. The summed E-state index contributed by atoms with van der Waals surface area (Å²) in [6.07, 6.45) is 4.33. The van der Waals surface area contributed by atoms with E-state index < -0.39 is 45.2 Å². The first-order valence-corrected chi connectivity index (χ1v) is 15.8. The maximum atomic E-state index is 14.4. The predicted octanol–water partition coefficient (Wildman–Crippen LogP) is 6.19. The number of hydrogen-bond donors (Lipinski definition) is 2. The van der Waals surface area contributed by atoms with E-state index in [9.17, 15) is 27.1 Å². The van der Waals surface area contributed by atoms with E-state index in [-0.39, 0.29) is 45.7 Å². The highest BCUT2D eigenvalue weighted by atomic mass is 35.5. The zero-order valence-corrected chi connectivity index (χ0v) is 25.4. The van der Waals surface area contributed by atoms with Gasteiger partial charge in [-0.15, -0.1) is 0 Å². The molecule has 6 rings (SSSR count). The number of aromatic nitrogens is 2.